The molecular weight excluding hydrogens is 242 g/mol. The lowest BCUT2D eigenvalue weighted by Crippen LogP contribution is -2.06. The van der Waals surface area contributed by atoms with Crippen molar-refractivity contribution in [2.75, 3.05) is 0 Å². The van der Waals surface area contributed by atoms with Crippen LogP contribution in [0, 0.1) is 0 Å². The molecule has 0 saturated carbocycles. The van der Waals surface area contributed by atoms with Crippen molar-refractivity contribution in [3.05, 3.63) is 48.0 Å². The van der Waals surface area contributed by atoms with Crippen LogP contribution in [-0.4, -0.2) is 22.3 Å². The Morgan fingerprint density at radius 2 is 1.89 bits per heavy atom. The molecule has 4 heteroatoms. The molecule has 2 aliphatic rings. The third kappa shape index (κ3) is 1.42. The van der Waals surface area contributed by atoms with Crippen LogP contribution in [0.2, 0.25) is 0 Å². The van der Waals surface area contributed by atoms with Crippen LogP contribution in [0.3, 0.4) is 0 Å². The summed E-state index contributed by atoms with van der Waals surface area (Å²) in [7, 11) is 0. The lowest BCUT2D eigenvalue weighted by molar-refractivity contribution is 1.22. The first-order chi connectivity index (χ1) is 8.92. The molecule has 2 heterocycles. The van der Waals surface area contributed by atoms with Gasteiger partial charge < -0.3 is 0 Å². The first-order valence-electron chi connectivity index (χ1n) is 5.77. The van der Waals surface area contributed by atoms with Gasteiger partial charge in [0.05, 0.1) is 6.21 Å². The lowest BCUT2D eigenvalue weighted by Gasteiger charge is -2.04. The van der Waals surface area contributed by atoms with Gasteiger partial charge in [-0.3, -0.25) is 4.99 Å². The maximum atomic E-state index is 4.67. The second kappa shape index (κ2) is 3.78. The van der Waals surface area contributed by atoms with Crippen molar-refractivity contribution in [3.63, 3.8) is 0 Å². The van der Waals surface area contributed by atoms with Crippen LogP contribution in [0.1, 0.15) is 5.56 Å². The molecule has 0 aromatic heterocycles. The van der Waals surface area contributed by atoms with Crippen molar-refractivity contribution in [2.24, 2.45) is 15.2 Å². The van der Waals surface area contributed by atoms with Gasteiger partial charge in [-0.2, -0.15) is 5.10 Å². The second-order valence-electron chi connectivity index (χ2n) is 4.21. The topological polar surface area (TPSA) is 37.1 Å². The van der Waals surface area contributed by atoms with E-state index in [4.69, 9.17) is 0 Å². The van der Waals surface area contributed by atoms with Crippen molar-refractivity contribution in [1.82, 2.24) is 0 Å². The van der Waals surface area contributed by atoms with Gasteiger partial charge in [-0.05, 0) is 22.5 Å². The minimum Gasteiger partial charge on any atom is -0.261 e. The molecule has 86 valence electrons. The van der Waals surface area contributed by atoms with Crippen LogP contribution < -0.4 is 0 Å². The smallest absolute Gasteiger partial charge is 0.138 e. The van der Waals surface area contributed by atoms with Crippen molar-refractivity contribution >= 4 is 38.8 Å². The van der Waals surface area contributed by atoms with E-state index < -0.39 is 0 Å². The summed E-state index contributed by atoms with van der Waals surface area (Å²) in [6.45, 7) is 0. The summed E-state index contributed by atoms with van der Waals surface area (Å²) in [4.78, 5) is 4.67. The molecular formula is C14H9N3S. The van der Waals surface area contributed by atoms with Gasteiger partial charge in [-0.1, -0.05) is 42.5 Å². The Labute approximate surface area is 108 Å². The zero-order chi connectivity index (χ0) is 11.9. The van der Waals surface area contributed by atoms with Crippen LogP contribution in [0.5, 0.6) is 0 Å². The maximum absolute atomic E-state index is 4.67. The Hall–Kier alpha value is -1.94. The summed E-state index contributed by atoms with van der Waals surface area (Å²) in [6, 6.07) is 14.7. The van der Waals surface area contributed by atoms with E-state index in [0.29, 0.717) is 0 Å². The lowest BCUT2D eigenvalue weighted by atomic mass is 10.1. The molecule has 0 saturated heterocycles. The summed E-state index contributed by atoms with van der Waals surface area (Å²) in [6.07, 6.45) is 1.79. The monoisotopic (exact) mass is 251 g/mol. The highest BCUT2D eigenvalue weighted by molar-refractivity contribution is 8.27. The van der Waals surface area contributed by atoms with Gasteiger partial charge in [0.2, 0.25) is 0 Å². The van der Waals surface area contributed by atoms with Crippen molar-refractivity contribution in [3.8, 4) is 0 Å². The molecule has 0 fully saturated rings. The number of hydrogen-bond acceptors (Lipinski definition) is 4. The van der Waals surface area contributed by atoms with E-state index in [0.717, 1.165) is 10.1 Å². The fraction of sp³-hybridized carbons (Fsp3) is 0.0714. The molecule has 1 atom stereocenters. The fourth-order valence-electron chi connectivity index (χ4n) is 2.23. The number of hydrogen-bond donors (Lipinski definition) is 0. The molecule has 0 N–H and O–H groups in total. The Morgan fingerprint density at radius 3 is 2.83 bits per heavy atom. The third-order valence-electron chi connectivity index (χ3n) is 3.09. The number of nitrogens with zero attached hydrogens (tertiary/aromatic N) is 3. The number of fused-ring (bicyclic) bond motifs is 2. The molecule has 0 aliphatic carbocycles. The second-order valence-corrected chi connectivity index (χ2v) is 5.22. The van der Waals surface area contributed by atoms with E-state index in [2.05, 4.69) is 57.7 Å². The van der Waals surface area contributed by atoms with Crippen molar-refractivity contribution in [2.45, 2.75) is 6.04 Å². The van der Waals surface area contributed by atoms with Crippen LogP contribution in [-0.2, 0) is 0 Å². The molecule has 18 heavy (non-hydrogen) atoms. The molecule has 0 radical (unpaired) electrons. The van der Waals surface area contributed by atoms with Crippen LogP contribution >= 0.6 is 11.8 Å². The largest absolute Gasteiger partial charge is 0.261 e. The number of aliphatic imine (C=N–C) groups is 1. The van der Waals surface area contributed by atoms with E-state index >= 15 is 0 Å². The molecule has 0 spiro atoms. The number of rotatable bonds is 1. The Kier molecular flexibility index (Phi) is 2.11. The highest BCUT2D eigenvalue weighted by Crippen LogP contribution is 2.31. The van der Waals surface area contributed by atoms with Gasteiger partial charge in [0.1, 0.15) is 16.1 Å². The summed E-state index contributed by atoms with van der Waals surface area (Å²) in [5.74, 6) is 0. The fourth-order valence-corrected chi connectivity index (χ4v) is 3.21. The van der Waals surface area contributed by atoms with E-state index in [1.54, 1.807) is 18.0 Å². The average Bonchev–Trinajstić information content (AvgIpc) is 2.99. The molecule has 2 aromatic carbocycles. The van der Waals surface area contributed by atoms with Crippen LogP contribution in [0.4, 0.5) is 0 Å². The highest BCUT2D eigenvalue weighted by atomic mass is 32.2. The van der Waals surface area contributed by atoms with Gasteiger partial charge >= 0.3 is 0 Å². The van der Waals surface area contributed by atoms with Crippen molar-refractivity contribution in [1.29, 1.82) is 0 Å². The SMILES string of the molecule is C1=NN=C2SC(c3cccc4ccccc34)=N[C@@H]12. The molecule has 4 rings (SSSR count). The zero-order valence-electron chi connectivity index (χ0n) is 9.45. The third-order valence-corrected chi connectivity index (χ3v) is 4.15. The van der Waals surface area contributed by atoms with Crippen LogP contribution in [0.25, 0.3) is 10.8 Å². The maximum Gasteiger partial charge on any atom is 0.138 e. The van der Waals surface area contributed by atoms with Gasteiger partial charge in [-0.15, -0.1) is 5.10 Å². The Morgan fingerprint density at radius 1 is 1.00 bits per heavy atom. The van der Waals surface area contributed by atoms with E-state index in [-0.39, 0.29) is 6.04 Å². The summed E-state index contributed by atoms with van der Waals surface area (Å²) in [5.41, 5.74) is 1.18. The summed E-state index contributed by atoms with van der Waals surface area (Å²) < 4.78 is 0. The van der Waals surface area contributed by atoms with Gasteiger partial charge in [0.15, 0.2) is 0 Å². The number of thioether (sulfide) groups is 1. The minimum absolute atomic E-state index is 0.0453. The molecule has 0 unspecified atom stereocenters. The first kappa shape index (κ1) is 10.0. The molecule has 3 nitrogen and oxygen atoms in total. The highest BCUT2D eigenvalue weighted by Gasteiger charge is 2.28. The predicted octanol–water partition coefficient (Wildman–Crippen LogP) is 3.10. The number of benzene rings is 2. The minimum atomic E-state index is 0.0453. The van der Waals surface area contributed by atoms with Gasteiger partial charge in [-0.25, -0.2) is 0 Å². The summed E-state index contributed by atoms with van der Waals surface area (Å²) in [5, 5.41) is 12.5. The van der Waals surface area contributed by atoms with E-state index in [9.17, 15) is 0 Å². The molecule has 0 amide bonds. The average molecular weight is 251 g/mol. The van der Waals surface area contributed by atoms with Gasteiger partial charge in [0.25, 0.3) is 0 Å². The van der Waals surface area contributed by atoms with Crippen molar-refractivity contribution < 1.29 is 0 Å². The van der Waals surface area contributed by atoms with E-state index in [1.165, 1.54) is 16.3 Å². The standard InChI is InChI=1S/C14H9N3S/c1-2-6-10-9(4-1)5-3-7-11(10)13-16-12-8-15-17-14(12)18-13/h1-8,12H/t12-/m0/s1. The Bertz CT molecular complexity index is 725. The normalized spacial score (nSPS) is 21.0. The molecule has 2 aliphatic heterocycles. The van der Waals surface area contributed by atoms with E-state index in [1.807, 2.05) is 0 Å². The zero-order valence-corrected chi connectivity index (χ0v) is 10.3. The predicted molar refractivity (Wildman–Crippen MR) is 77.8 cm³/mol. The van der Waals surface area contributed by atoms with Crippen LogP contribution in [0.15, 0.2) is 57.7 Å². The molecule has 2 aromatic rings. The first-order valence-corrected chi connectivity index (χ1v) is 6.58. The summed E-state index contributed by atoms with van der Waals surface area (Å²) >= 11 is 1.62. The Balaban J connectivity index is 1.89. The van der Waals surface area contributed by atoms with Gasteiger partial charge in [0, 0.05) is 5.56 Å². The quantitative estimate of drug-likeness (QED) is 0.767. The molecule has 0 bridgehead atoms.